The summed E-state index contributed by atoms with van der Waals surface area (Å²) in [6.07, 6.45) is 6.28. The molecule has 1 aromatic carbocycles. The fourth-order valence-corrected chi connectivity index (χ4v) is 3.67. The van der Waals surface area contributed by atoms with Crippen LogP contribution in [-0.4, -0.2) is 9.67 Å². The molecule has 0 bridgehead atoms. The van der Waals surface area contributed by atoms with Crippen molar-refractivity contribution in [2.75, 3.05) is 0 Å². The van der Waals surface area contributed by atoms with Crippen molar-refractivity contribution < 1.29 is 5.11 Å². The number of aliphatic hydroxyl groups is 1. The normalized spacial score (nSPS) is 24.5. The second kappa shape index (κ2) is 4.24. The molecule has 1 heterocycles. The van der Waals surface area contributed by atoms with Gasteiger partial charge >= 0.3 is 0 Å². The van der Waals surface area contributed by atoms with Crippen molar-refractivity contribution in [1.82, 2.24) is 4.57 Å². The molecule has 0 saturated carbocycles. The molecule has 2 aliphatic rings. The molecule has 1 N–H and O–H groups in total. The zero-order chi connectivity index (χ0) is 12.8. The maximum atomic E-state index is 10.0. The van der Waals surface area contributed by atoms with Gasteiger partial charge in [0.2, 0.25) is 0 Å². The van der Waals surface area contributed by atoms with Crippen LogP contribution >= 0.6 is 0 Å². The molecule has 1 aromatic heterocycles. The zero-order valence-electron chi connectivity index (χ0n) is 11.0. The minimum Gasteiger partial charge on any atom is -0.388 e. The Kier molecular flexibility index (Phi) is 2.52. The fraction of sp³-hybridized carbons (Fsp3) is 0.412. The van der Waals surface area contributed by atoms with Crippen LogP contribution in [0.2, 0.25) is 0 Å². The molecule has 0 spiro atoms. The maximum Gasteiger partial charge on any atom is 0.0807 e. The number of hydrogen-bond acceptors (Lipinski definition) is 1. The van der Waals surface area contributed by atoms with Crippen molar-refractivity contribution in [1.29, 1.82) is 0 Å². The number of nitrogens with zero attached hydrogens (tertiary/aromatic N) is 1. The van der Waals surface area contributed by atoms with E-state index in [1.807, 2.05) is 0 Å². The van der Waals surface area contributed by atoms with Crippen LogP contribution in [0.5, 0.6) is 0 Å². The van der Waals surface area contributed by atoms with E-state index in [2.05, 4.69) is 41.1 Å². The van der Waals surface area contributed by atoms with Crippen molar-refractivity contribution in [3.63, 3.8) is 0 Å². The van der Waals surface area contributed by atoms with Crippen molar-refractivity contribution >= 4 is 0 Å². The molecular weight excluding hydrogens is 234 g/mol. The first-order valence-corrected chi connectivity index (χ1v) is 7.26. The molecule has 0 radical (unpaired) electrons. The lowest BCUT2D eigenvalue weighted by atomic mass is 9.77. The molecule has 2 heteroatoms. The molecule has 2 atom stereocenters. The highest BCUT2D eigenvalue weighted by Gasteiger charge is 2.28. The van der Waals surface area contributed by atoms with E-state index in [0.29, 0.717) is 5.92 Å². The van der Waals surface area contributed by atoms with Crippen LogP contribution in [0.25, 0.3) is 0 Å². The third-order valence-corrected chi connectivity index (χ3v) is 4.74. The standard InChI is InChI=1S/C17H19NO/c19-17-7-3-6-16-15(17)8-9-18(16)11-13-10-12-4-1-2-5-14(12)13/h1-2,4-5,8-9,13,17,19H,3,6-7,10-11H2. The van der Waals surface area contributed by atoms with Gasteiger partial charge in [-0.1, -0.05) is 24.3 Å². The van der Waals surface area contributed by atoms with E-state index in [4.69, 9.17) is 0 Å². The van der Waals surface area contributed by atoms with Gasteiger partial charge in [-0.15, -0.1) is 0 Å². The number of fused-ring (bicyclic) bond motifs is 2. The highest BCUT2D eigenvalue weighted by atomic mass is 16.3. The molecule has 19 heavy (non-hydrogen) atoms. The van der Waals surface area contributed by atoms with E-state index in [-0.39, 0.29) is 6.10 Å². The molecule has 2 aliphatic carbocycles. The molecule has 0 amide bonds. The van der Waals surface area contributed by atoms with Gasteiger partial charge < -0.3 is 9.67 Å². The fourth-order valence-electron chi connectivity index (χ4n) is 3.67. The van der Waals surface area contributed by atoms with Gasteiger partial charge in [0.05, 0.1) is 6.10 Å². The van der Waals surface area contributed by atoms with Crippen LogP contribution in [0.15, 0.2) is 36.5 Å². The predicted molar refractivity (Wildman–Crippen MR) is 75.2 cm³/mol. The Balaban J connectivity index is 1.59. The van der Waals surface area contributed by atoms with Gasteiger partial charge in [0.15, 0.2) is 0 Å². The average Bonchev–Trinajstić information content (AvgIpc) is 2.81. The second-order valence-corrected chi connectivity index (χ2v) is 5.88. The topological polar surface area (TPSA) is 25.2 Å². The van der Waals surface area contributed by atoms with E-state index >= 15 is 0 Å². The van der Waals surface area contributed by atoms with E-state index < -0.39 is 0 Å². The summed E-state index contributed by atoms with van der Waals surface area (Å²) in [5.74, 6) is 0.659. The van der Waals surface area contributed by atoms with Crippen LogP contribution in [0.4, 0.5) is 0 Å². The first-order valence-electron chi connectivity index (χ1n) is 7.26. The Labute approximate surface area is 113 Å². The van der Waals surface area contributed by atoms with Crippen molar-refractivity contribution in [2.24, 2.45) is 0 Å². The minimum atomic E-state index is -0.237. The Morgan fingerprint density at radius 3 is 2.95 bits per heavy atom. The first-order chi connectivity index (χ1) is 9.33. The quantitative estimate of drug-likeness (QED) is 0.873. The van der Waals surface area contributed by atoms with E-state index in [1.54, 1.807) is 0 Å². The Bertz CT molecular complexity index is 613. The highest BCUT2D eigenvalue weighted by Crippen LogP contribution is 2.38. The highest BCUT2D eigenvalue weighted by molar-refractivity contribution is 5.40. The Morgan fingerprint density at radius 1 is 1.16 bits per heavy atom. The molecule has 2 unspecified atom stereocenters. The lowest BCUT2D eigenvalue weighted by Gasteiger charge is -2.31. The minimum absolute atomic E-state index is 0.237. The number of hydrogen-bond donors (Lipinski definition) is 1. The number of aliphatic hydroxyl groups excluding tert-OH is 1. The summed E-state index contributed by atoms with van der Waals surface area (Å²) in [6.45, 7) is 1.07. The summed E-state index contributed by atoms with van der Waals surface area (Å²) in [4.78, 5) is 0. The summed E-state index contributed by atoms with van der Waals surface area (Å²) in [7, 11) is 0. The SMILES string of the molecule is OC1CCCc2c1ccn2CC1Cc2ccccc21. The molecule has 2 aromatic rings. The van der Waals surface area contributed by atoms with Gasteiger partial charge in [-0.2, -0.15) is 0 Å². The van der Waals surface area contributed by atoms with E-state index in [1.165, 1.54) is 28.8 Å². The van der Waals surface area contributed by atoms with Crippen LogP contribution in [-0.2, 0) is 19.4 Å². The number of aromatic nitrogens is 1. The average molecular weight is 253 g/mol. The van der Waals surface area contributed by atoms with Gasteiger partial charge in [-0.05, 0) is 42.9 Å². The summed E-state index contributed by atoms with van der Waals surface area (Å²) in [5.41, 5.74) is 5.55. The molecular formula is C17H19NO. The Morgan fingerprint density at radius 2 is 2.05 bits per heavy atom. The predicted octanol–water partition coefficient (Wildman–Crippen LogP) is 3.20. The van der Waals surface area contributed by atoms with Crippen molar-refractivity contribution in [3.05, 3.63) is 58.9 Å². The monoisotopic (exact) mass is 253 g/mol. The third kappa shape index (κ3) is 1.74. The number of rotatable bonds is 2. The van der Waals surface area contributed by atoms with Crippen LogP contribution in [0.3, 0.4) is 0 Å². The van der Waals surface area contributed by atoms with Crippen LogP contribution in [0, 0.1) is 0 Å². The molecule has 0 aliphatic heterocycles. The summed E-state index contributed by atoms with van der Waals surface area (Å²) >= 11 is 0. The summed E-state index contributed by atoms with van der Waals surface area (Å²) < 4.78 is 2.37. The van der Waals surface area contributed by atoms with E-state index in [9.17, 15) is 5.11 Å². The van der Waals surface area contributed by atoms with Gasteiger partial charge in [-0.25, -0.2) is 0 Å². The number of benzene rings is 1. The molecule has 2 nitrogen and oxygen atoms in total. The smallest absolute Gasteiger partial charge is 0.0807 e. The molecule has 0 saturated heterocycles. The van der Waals surface area contributed by atoms with Crippen molar-refractivity contribution in [3.8, 4) is 0 Å². The van der Waals surface area contributed by atoms with Gasteiger partial charge in [0, 0.05) is 29.9 Å². The lowest BCUT2D eigenvalue weighted by molar-refractivity contribution is 0.155. The zero-order valence-corrected chi connectivity index (χ0v) is 11.0. The van der Waals surface area contributed by atoms with E-state index in [0.717, 1.165) is 25.8 Å². The van der Waals surface area contributed by atoms with Crippen LogP contribution < -0.4 is 0 Å². The lowest BCUT2D eigenvalue weighted by Crippen LogP contribution is -2.23. The van der Waals surface area contributed by atoms with Gasteiger partial charge in [0.25, 0.3) is 0 Å². The second-order valence-electron chi connectivity index (χ2n) is 5.88. The first kappa shape index (κ1) is 11.3. The third-order valence-electron chi connectivity index (χ3n) is 4.74. The Hall–Kier alpha value is -1.54. The van der Waals surface area contributed by atoms with Crippen LogP contribution in [0.1, 0.15) is 47.2 Å². The largest absolute Gasteiger partial charge is 0.388 e. The van der Waals surface area contributed by atoms with Gasteiger partial charge in [0.1, 0.15) is 0 Å². The maximum absolute atomic E-state index is 10.0. The molecule has 98 valence electrons. The van der Waals surface area contributed by atoms with Crippen molar-refractivity contribution in [2.45, 2.75) is 44.2 Å². The summed E-state index contributed by atoms with van der Waals surface area (Å²) in [5, 5.41) is 10.0. The molecule has 4 rings (SSSR count). The van der Waals surface area contributed by atoms with Gasteiger partial charge in [-0.3, -0.25) is 0 Å². The summed E-state index contributed by atoms with van der Waals surface area (Å²) in [6, 6.07) is 10.9. The molecule has 0 fully saturated rings.